The summed E-state index contributed by atoms with van der Waals surface area (Å²) >= 11 is 0. The molecule has 2 N–H and O–H groups in total. The summed E-state index contributed by atoms with van der Waals surface area (Å²) in [5.74, 6) is -0.928. The topological polar surface area (TPSA) is 90.3 Å². The van der Waals surface area contributed by atoms with Crippen LogP contribution in [0.5, 0.6) is 11.5 Å². The number of Topliss-reactive ketones (excluding diaryl/α,β-unsaturated/α-hetero) is 1. The predicted molar refractivity (Wildman–Crippen MR) is 127 cm³/mol. The minimum atomic E-state index is -0.738. The average Bonchev–Trinajstić information content (AvgIpc) is 3.07. The third kappa shape index (κ3) is 5.37. The number of ketones is 1. The number of phenols is 1. The predicted octanol–water partition coefficient (Wildman–Crippen LogP) is 3.94. The van der Waals surface area contributed by atoms with E-state index in [1.165, 1.54) is 17.0 Å². The summed E-state index contributed by atoms with van der Waals surface area (Å²) in [5.41, 5.74) is 1.10. The van der Waals surface area contributed by atoms with Crippen molar-refractivity contribution in [3.05, 3.63) is 65.2 Å². The number of phenolic OH excluding ortho intramolecular Hbond substituents is 1. The van der Waals surface area contributed by atoms with Gasteiger partial charge in [0.2, 0.25) is 0 Å². The molecule has 0 radical (unpaired) electrons. The molecule has 0 saturated carbocycles. The number of carbonyl (C=O) groups excluding carboxylic acids is 2. The minimum absolute atomic E-state index is 0.0437. The fourth-order valence-electron chi connectivity index (χ4n) is 4.17. The largest absolute Gasteiger partial charge is 0.508 e. The summed E-state index contributed by atoms with van der Waals surface area (Å²) in [6.07, 6.45) is 0.698. The van der Waals surface area contributed by atoms with Crippen molar-refractivity contribution in [2.24, 2.45) is 0 Å². The fourth-order valence-corrected chi connectivity index (χ4v) is 4.17. The quantitative estimate of drug-likeness (QED) is 0.322. The lowest BCUT2D eigenvalue weighted by molar-refractivity contribution is -0.140. The SMILES string of the molecule is CCOc1cccc(/C(O)=C2\C(=O)C(=O)N(CCCN(CC)CC)C2c2ccc(O)cc2)c1. The number of hydrogen-bond donors (Lipinski definition) is 2. The second kappa shape index (κ2) is 11.0. The maximum Gasteiger partial charge on any atom is 0.295 e. The molecule has 0 spiro atoms. The molecule has 1 heterocycles. The van der Waals surface area contributed by atoms with Crippen molar-refractivity contribution in [3.8, 4) is 11.5 Å². The van der Waals surface area contributed by atoms with E-state index in [9.17, 15) is 19.8 Å². The number of benzene rings is 2. The van der Waals surface area contributed by atoms with Crippen LogP contribution >= 0.6 is 0 Å². The van der Waals surface area contributed by atoms with E-state index in [4.69, 9.17) is 4.74 Å². The zero-order valence-corrected chi connectivity index (χ0v) is 19.5. The van der Waals surface area contributed by atoms with Gasteiger partial charge in [-0.3, -0.25) is 9.59 Å². The van der Waals surface area contributed by atoms with Crippen molar-refractivity contribution >= 4 is 17.4 Å². The maximum absolute atomic E-state index is 13.1. The van der Waals surface area contributed by atoms with Gasteiger partial charge in [0, 0.05) is 12.1 Å². The van der Waals surface area contributed by atoms with Crippen molar-refractivity contribution in [2.45, 2.75) is 33.2 Å². The second-order valence-electron chi connectivity index (χ2n) is 7.93. The van der Waals surface area contributed by atoms with Crippen LogP contribution in [0.2, 0.25) is 0 Å². The molecule has 1 saturated heterocycles. The van der Waals surface area contributed by atoms with Gasteiger partial charge in [-0.1, -0.05) is 38.1 Å². The highest BCUT2D eigenvalue weighted by Gasteiger charge is 2.45. The van der Waals surface area contributed by atoms with Crippen LogP contribution in [0.1, 0.15) is 44.4 Å². The third-order valence-electron chi connectivity index (χ3n) is 5.94. The van der Waals surface area contributed by atoms with E-state index in [1.807, 2.05) is 6.92 Å². The number of carbonyl (C=O) groups is 2. The number of amides is 1. The number of nitrogens with zero attached hydrogens (tertiary/aromatic N) is 2. The molecule has 3 rings (SSSR count). The molecule has 1 fully saturated rings. The molecule has 2 aromatic carbocycles. The second-order valence-corrected chi connectivity index (χ2v) is 7.93. The van der Waals surface area contributed by atoms with E-state index in [0.717, 1.165) is 19.6 Å². The van der Waals surface area contributed by atoms with Gasteiger partial charge in [0.25, 0.3) is 11.7 Å². The van der Waals surface area contributed by atoms with Gasteiger partial charge in [-0.15, -0.1) is 0 Å². The molecule has 0 aliphatic carbocycles. The van der Waals surface area contributed by atoms with Crippen LogP contribution in [-0.4, -0.2) is 64.5 Å². The van der Waals surface area contributed by atoms with E-state index in [-0.39, 0.29) is 17.1 Å². The van der Waals surface area contributed by atoms with Gasteiger partial charge in [-0.2, -0.15) is 0 Å². The Balaban J connectivity index is 2.02. The molecule has 0 bridgehead atoms. The summed E-state index contributed by atoms with van der Waals surface area (Å²) in [5, 5.41) is 20.9. The molecule has 33 heavy (non-hydrogen) atoms. The Morgan fingerprint density at radius 2 is 1.76 bits per heavy atom. The van der Waals surface area contributed by atoms with Crippen LogP contribution in [0.4, 0.5) is 0 Å². The summed E-state index contributed by atoms with van der Waals surface area (Å²) < 4.78 is 5.52. The molecule has 176 valence electrons. The number of hydrogen-bond acceptors (Lipinski definition) is 6. The lowest BCUT2D eigenvalue weighted by Crippen LogP contribution is -2.33. The highest BCUT2D eigenvalue weighted by atomic mass is 16.5. The Morgan fingerprint density at radius 1 is 1.06 bits per heavy atom. The first-order valence-electron chi connectivity index (χ1n) is 11.4. The van der Waals surface area contributed by atoms with Gasteiger partial charge in [0.1, 0.15) is 17.3 Å². The zero-order valence-electron chi connectivity index (χ0n) is 19.5. The number of likely N-dealkylation sites (tertiary alicyclic amines) is 1. The van der Waals surface area contributed by atoms with Crippen LogP contribution in [0.3, 0.4) is 0 Å². The van der Waals surface area contributed by atoms with E-state index in [1.54, 1.807) is 36.4 Å². The molecule has 1 atom stereocenters. The van der Waals surface area contributed by atoms with Crippen molar-refractivity contribution in [1.82, 2.24) is 9.80 Å². The van der Waals surface area contributed by atoms with Crippen molar-refractivity contribution in [3.63, 3.8) is 0 Å². The molecule has 7 nitrogen and oxygen atoms in total. The van der Waals surface area contributed by atoms with Crippen molar-refractivity contribution < 1.29 is 24.5 Å². The summed E-state index contributed by atoms with van der Waals surface area (Å²) in [6.45, 7) is 9.50. The van der Waals surface area contributed by atoms with Gasteiger partial charge < -0.3 is 24.7 Å². The lowest BCUT2D eigenvalue weighted by atomic mass is 9.95. The van der Waals surface area contributed by atoms with Crippen LogP contribution in [0, 0.1) is 0 Å². The molecule has 0 aromatic heterocycles. The van der Waals surface area contributed by atoms with Crippen molar-refractivity contribution in [2.75, 3.05) is 32.8 Å². The highest BCUT2D eigenvalue weighted by molar-refractivity contribution is 6.46. The number of aliphatic hydroxyl groups is 1. The Labute approximate surface area is 194 Å². The van der Waals surface area contributed by atoms with Gasteiger partial charge in [0.15, 0.2) is 0 Å². The zero-order chi connectivity index (χ0) is 24.0. The number of rotatable bonds is 10. The van der Waals surface area contributed by atoms with Crippen LogP contribution in [0.25, 0.3) is 5.76 Å². The fraction of sp³-hybridized carbons (Fsp3) is 0.385. The van der Waals surface area contributed by atoms with Gasteiger partial charge in [-0.05, 0) is 62.8 Å². The first-order valence-corrected chi connectivity index (χ1v) is 11.4. The molecular formula is C26H32N2O5. The maximum atomic E-state index is 13.1. The van der Waals surface area contributed by atoms with Crippen molar-refractivity contribution in [1.29, 1.82) is 0 Å². The van der Waals surface area contributed by atoms with Gasteiger partial charge in [0.05, 0.1) is 18.2 Å². The Kier molecular flexibility index (Phi) is 8.11. The highest BCUT2D eigenvalue weighted by Crippen LogP contribution is 2.40. The molecule has 7 heteroatoms. The Morgan fingerprint density at radius 3 is 2.39 bits per heavy atom. The summed E-state index contributed by atoms with van der Waals surface area (Å²) in [4.78, 5) is 29.9. The van der Waals surface area contributed by atoms with Gasteiger partial charge in [-0.25, -0.2) is 0 Å². The first-order chi connectivity index (χ1) is 15.9. The molecular weight excluding hydrogens is 420 g/mol. The Hall–Kier alpha value is -3.32. The normalized spacial score (nSPS) is 17.7. The standard InChI is InChI=1S/C26H32N2O5/c1-4-27(5-2)15-8-16-28-23(18-11-13-20(29)14-12-18)22(25(31)26(28)32)24(30)19-9-7-10-21(17-19)33-6-3/h7,9-14,17,23,29-30H,4-6,8,15-16H2,1-3H3/b24-22+. The Bertz CT molecular complexity index is 1010. The molecule has 1 aliphatic heterocycles. The van der Waals surface area contributed by atoms with Crippen LogP contribution < -0.4 is 4.74 Å². The van der Waals surface area contributed by atoms with E-state index in [0.29, 0.717) is 36.4 Å². The first kappa shape index (κ1) is 24.3. The molecule has 1 amide bonds. The van der Waals surface area contributed by atoms with E-state index >= 15 is 0 Å². The summed E-state index contributed by atoms with van der Waals surface area (Å²) in [6, 6.07) is 12.5. The molecule has 1 unspecified atom stereocenters. The monoisotopic (exact) mass is 452 g/mol. The van der Waals surface area contributed by atoms with Gasteiger partial charge >= 0.3 is 0 Å². The number of ether oxygens (including phenoxy) is 1. The molecule has 2 aromatic rings. The average molecular weight is 453 g/mol. The lowest BCUT2D eigenvalue weighted by Gasteiger charge is -2.26. The van der Waals surface area contributed by atoms with Crippen LogP contribution in [0.15, 0.2) is 54.1 Å². The van der Waals surface area contributed by atoms with E-state index in [2.05, 4.69) is 18.7 Å². The van der Waals surface area contributed by atoms with Crippen LogP contribution in [-0.2, 0) is 9.59 Å². The number of aromatic hydroxyl groups is 1. The minimum Gasteiger partial charge on any atom is -0.508 e. The van der Waals surface area contributed by atoms with E-state index < -0.39 is 17.7 Å². The number of aliphatic hydroxyl groups excluding tert-OH is 1. The third-order valence-corrected chi connectivity index (χ3v) is 5.94. The molecule has 1 aliphatic rings. The smallest absolute Gasteiger partial charge is 0.295 e. The summed E-state index contributed by atoms with van der Waals surface area (Å²) in [7, 11) is 0.